The lowest BCUT2D eigenvalue weighted by Gasteiger charge is -2.35. The summed E-state index contributed by atoms with van der Waals surface area (Å²) in [5.74, 6) is 0.0853. The van der Waals surface area contributed by atoms with E-state index in [9.17, 15) is 15.0 Å². The molecular weight excluding hydrogens is 528 g/mol. The fourth-order valence-corrected chi connectivity index (χ4v) is 6.19. The fraction of sp³-hybridized carbons (Fsp3) is 0.475. The molecule has 0 aromatic carbocycles. The highest BCUT2D eigenvalue weighted by molar-refractivity contribution is 5.95. The topological polar surface area (TPSA) is 57.5 Å². The molecule has 0 spiro atoms. The largest absolute Gasteiger partial charge is 0.393 e. The Balaban J connectivity index is 1.89. The molecule has 2 aliphatic rings. The number of carbonyl (C=O) groups excluding carboxylic acids is 1. The second-order valence-corrected chi connectivity index (χ2v) is 14.2. The molecule has 0 heterocycles. The first-order valence-electron chi connectivity index (χ1n) is 15.7. The third-order valence-corrected chi connectivity index (χ3v) is 9.18. The van der Waals surface area contributed by atoms with E-state index in [2.05, 4.69) is 97.9 Å². The van der Waals surface area contributed by atoms with Gasteiger partial charge in [0.1, 0.15) is 0 Å². The van der Waals surface area contributed by atoms with Crippen LogP contribution in [0.3, 0.4) is 0 Å². The Bertz CT molecular complexity index is 1310. The molecule has 0 aromatic heterocycles. The Morgan fingerprint density at radius 2 is 1.14 bits per heavy atom. The van der Waals surface area contributed by atoms with E-state index in [0.29, 0.717) is 12.8 Å². The molecule has 0 saturated heterocycles. The van der Waals surface area contributed by atoms with Crippen LogP contribution in [0.5, 0.6) is 0 Å². The van der Waals surface area contributed by atoms with Gasteiger partial charge in [-0.25, -0.2) is 0 Å². The fourth-order valence-electron chi connectivity index (χ4n) is 6.19. The molecule has 0 radical (unpaired) electrons. The summed E-state index contributed by atoms with van der Waals surface area (Å²) >= 11 is 0. The van der Waals surface area contributed by atoms with Crippen LogP contribution in [-0.2, 0) is 4.79 Å². The van der Waals surface area contributed by atoms with Crippen molar-refractivity contribution in [2.45, 2.75) is 107 Å². The van der Waals surface area contributed by atoms with Crippen LogP contribution in [0.4, 0.5) is 0 Å². The number of ketones is 1. The molecule has 2 aliphatic carbocycles. The summed E-state index contributed by atoms with van der Waals surface area (Å²) in [5, 5.41) is 20.2. The van der Waals surface area contributed by atoms with Crippen molar-refractivity contribution < 1.29 is 15.0 Å². The highest BCUT2D eigenvalue weighted by Gasteiger charge is 2.52. The van der Waals surface area contributed by atoms with Crippen LogP contribution in [-0.4, -0.2) is 28.2 Å². The highest BCUT2D eigenvalue weighted by atomic mass is 16.3. The minimum Gasteiger partial charge on any atom is -0.393 e. The summed E-state index contributed by atoms with van der Waals surface area (Å²) in [4.78, 5) is 12.9. The Hall–Kier alpha value is -3.01. The average Bonchev–Trinajstić information content (AvgIpc) is 3.10. The molecule has 3 nitrogen and oxygen atoms in total. The summed E-state index contributed by atoms with van der Waals surface area (Å²) in [7, 11) is 0. The van der Waals surface area contributed by atoms with Crippen LogP contribution in [0.2, 0.25) is 0 Å². The molecule has 43 heavy (non-hydrogen) atoms. The van der Waals surface area contributed by atoms with E-state index in [0.717, 1.165) is 29.6 Å². The van der Waals surface area contributed by atoms with Gasteiger partial charge in [0, 0.05) is 5.41 Å². The molecule has 2 N–H and O–H groups in total. The monoisotopic (exact) mass is 584 g/mol. The number of allylic oxidation sites excluding steroid dienone is 19. The maximum Gasteiger partial charge on any atom is 0.162 e. The minimum absolute atomic E-state index is 0.00528. The first kappa shape index (κ1) is 36.2. The maximum atomic E-state index is 12.9. The molecule has 1 fully saturated rings. The van der Waals surface area contributed by atoms with E-state index in [4.69, 9.17) is 0 Å². The van der Waals surface area contributed by atoms with Gasteiger partial charge in [-0.1, -0.05) is 141 Å². The number of aliphatic hydroxyl groups excluding tert-OH is 2. The van der Waals surface area contributed by atoms with Gasteiger partial charge in [-0.05, 0) is 82.8 Å². The highest BCUT2D eigenvalue weighted by Crippen LogP contribution is 2.53. The Labute approximate surface area is 262 Å². The van der Waals surface area contributed by atoms with Crippen molar-refractivity contribution in [2.75, 3.05) is 0 Å². The molecular formula is C40H56O3. The van der Waals surface area contributed by atoms with Crippen molar-refractivity contribution in [1.82, 2.24) is 0 Å². The molecule has 0 aliphatic heterocycles. The van der Waals surface area contributed by atoms with Crippen molar-refractivity contribution in [3.8, 4) is 0 Å². The summed E-state index contributed by atoms with van der Waals surface area (Å²) < 4.78 is 0. The maximum absolute atomic E-state index is 12.9. The first-order valence-corrected chi connectivity index (χ1v) is 15.7. The normalized spacial score (nSPS) is 27.7. The Morgan fingerprint density at radius 3 is 1.63 bits per heavy atom. The van der Waals surface area contributed by atoms with E-state index >= 15 is 0 Å². The molecule has 3 heteroatoms. The quantitative estimate of drug-likeness (QED) is 0.188. The molecule has 0 unspecified atom stereocenters. The number of carbonyl (C=O) groups is 1. The molecule has 0 aromatic rings. The molecule has 0 bridgehead atoms. The standard InChI is InChI=1S/C40H56O3/c1-29(17-13-19-31(3)21-23-36-33(5)25-34(41)26-38(36,6)7)15-11-12-16-30(2)18-14-20-32(4)22-24-37(43)40(10)28-35(42)27-39(40,8)9/h11-24,34-35,41-42H,25-28H2,1-10H3/b12-11+,17-13+,18-14+,23-21+,24-22+,29-15+,30-16+,31-19-,32-20+/t34-,35-,40-/m1/s1. The van der Waals surface area contributed by atoms with E-state index in [-0.39, 0.29) is 22.7 Å². The van der Waals surface area contributed by atoms with Gasteiger partial charge in [-0.2, -0.15) is 0 Å². The number of hydrogen-bond acceptors (Lipinski definition) is 3. The lowest BCUT2D eigenvalue weighted by molar-refractivity contribution is -0.127. The molecule has 0 amide bonds. The lowest BCUT2D eigenvalue weighted by Crippen LogP contribution is -2.36. The first-order chi connectivity index (χ1) is 20.0. The second-order valence-electron chi connectivity index (χ2n) is 14.2. The summed E-state index contributed by atoms with van der Waals surface area (Å²) in [6.07, 6.45) is 30.6. The Morgan fingerprint density at radius 1 is 0.651 bits per heavy atom. The van der Waals surface area contributed by atoms with Gasteiger partial charge < -0.3 is 10.2 Å². The predicted molar refractivity (Wildman–Crippen MR) is 185 cm³/mol. The van der Waals surface area contributed by atoms with Crippen LogP contribution in [0.25, 0.3) is 0 Å². The van der Waals surface area contributed by atoms with Gasteiger partial charge in [0.05, 0.1) is 12.2 Å². The third kappa shape index (κ3) is 10.9. The zero-order valence-electron chi connectivity index (χ0n) is 28.4. The van der Waals surface area contributed by atoms with E-state index in [1.165, 1.54) is 16.7 Å². The van der Waals surface area contributed by atoms with Crippen LogP contribution >= 0.6 is 0 Å². The van der Waals surface area contributed by atoms with Gasteiger partial charge in [-0.3, -0.25) is 4.79 Å². The zero-order valence-corrected chi connectivity index (χ0v) is 28.4. The van der Waals surface area contributed by atoms with Gasteiger partial charge >= 0.3 is 0 Å². The number of aliphatic hydroxyl groups is 2. The van der Waals surface area contributed by atoms with Crippen LogP contribution < -0.4 is 0 Å². The number of hydrogen-bond donors (Lipinski definition) is 2. The van der Waals surface area contributed by atoms with Gasteiger partial charge in [0.15, 0.2) is 5.78 Å². The molecule has 234 valence electrons. The zero-order chi connectivity index (χ0) is 32.4. The third-order valence-electron chi connectivity index (χ3n) is 9.18. The van der Waals surface area contributed by atoms with Crippen molar-refractivity contribution in [2.24, 2.45) is 16.2 Å². The van der Waals surface area contributed by atoms with Gasteiger partial charge in [-0.15, -0.1) is 0 Å². The molecule has 2 rings (SSSR count). The summed E-state index contributed by atoms with van der Waals surface area (Å²) in [5.41, 5.74) is 6.34. The minimum atomic E-state index is -0.532. The second kappa shape index (κ2) is 15.6. The SMILES string of the molecule is CC1=C(/C=C/C(C)=C\C=C\C(C)=C\C=C\C=C(C)\C=C\C=C(C)\C=C\C(=O)[C@@]2(C)C[C@H](O)CC2(C)C)C(C)(C)C[C@H](O)C1. The van der Waals surface area contributed by atoms with E-state index in [1.807, 2.05) is 50.3 Å². The lowest BCUT2D eigenvalue weighted by atomic mass is 9.66. The Kier molecular flexibility index (Phi) is 13.2. The average molecular weight is 585 g/mol. The van der Waals surface area contributed by atoms with Crippen LogP contribution in [0.1, 0.15) is 94.9 Å². The summed E-state index contributed by atoms with van der Waals surface area (Å²) in [6.45, 7) is 20.9. The van der Waals surface area contributed by atoms with E-state index in [1.54, 1.807) is 6.08 Å². The van der Waals surface area contributed by atoms with E-state index < -0.39 is 11.5 Å². The van der Waals surface area contributed by atoms with Crippen molar-refractivity contribution in [1.29, 1.82) is 0 Å². The van der Waals surface area contributed by atoms with Gasteiger partial charge in [0.2, 0.25) is 0 Å². The molecule has 1 saturated carbocycles. The van der Waals surface area contributed by atoms with Crippen molar-refractivity contribution in [3.05, 3.63) is 119 Å². The smallest absolute Gasteiger partial charge is 0.162 e. The van der Waals surface area contributed by atoms with Gasteiger partial charge in [0.25, 0.3) is 0 Å². The molecule has 3 atom stereocenters. The van der Waals surface area contributed by atoms with Crippen molar-refractivity contribution >= 4 is 5.78 Å². The van der Waals surface area contributed by atoms with Crippen molar-refractivity contribution in [3.63, 3.8) is 0 Å². The predicted octanol–water partition coefficient (Wildman–Crippen LogP) is 9.81. The number of rotatable bonds is 11. The van der Waals surface area contributed by atoms with Crippen LogP contribution in [0, 0.1) is 16.2 Å². The summed E-state index contributed by atoms with van der Waals surface area (Å²) in [6, 6.07) is 0. The van der Waals surface area contributed by atoms with Crippen LogP contribution in [0.15, 0.2) is 119 Å².